The molecule has 0 aromatic rings. The summed E-state index contributed by atoms with van der Waals surface area (Å²) in [5, 5.41) is 0. The first-order chi connectivity index (χ1) is 6.65. The Balaban J connectivity index is 2.20. The van der Waals surface area contributed by atoms with Crippen LogP contribution < -0.4 is 5.73 Å². The molecule has 2 heteroatoms. The third-order valence-corrected chi connectivity index (χ3v) is 3.07. The molecule has 1 unspecified atom stereocenters. The number of nitrogens with zero attached hydrogens (tertiary/aromatic N) is 1. The van der Waals surface area contributed by atoms with E-state index in [1.165, 1.54) is 12.8 Å². The quantitative estimate of drug-likeness (QED) is 0.631. The van der Waals surface area contributed by atoms with E-state index in [0.29, 0.717) is 12.1 Å². The Kier molecular flexibility index (Phi) is 4.63. The molecule has 0 heterocycles. The van der Waals surface area contributed by atoms with E-state index in [-0.39, 0.29) is 0 Å². The third-order valence-electron chi connectivity index (χ3n) is 3.07. The van der Waals surface area contributed by atoms with Crippen LogP contribution in [0.3, 0.4) is 0 Å². The highest BCUT2D eigenvalue weighted by Gasteiger charge is 2.28. The van der Waals surface area contributed by atoms with E-state index in [4.69, 9.17) is 5.73 Å². The molecule has 1 fully saturated rings. The maximum absolute atomic E-state index is 6.07. The number of hydrogen-bond acceptors (Lipinski definition) is 2. The minimum atomic E-state index is 0.432. The highest BCUT2D eigenvalue weighted by Crippen LogP contribution is 2.32. The van der Waals surface area contributed by atoms with Gasteiger partial charge < -0.3 is 5.73 Å². The van der Waals surface area contributed by atoms with Gasteiger partial charge in [-0.05, 0) is 39.0 Å². The lowest BCUT2D eigenvalue weighted by Crippen LogP contribution is -2.36. The molecule has 0 saturated heterocycles. The molecule has 0 amide bonds. The van der Waals surface area contributed by atoms with Crippen molar-refractivity contribution in [2.45, 2.75) is 45.2 Å². The maximum atomic E-state index is 6.07. The van der Waals surface area contributed by atoms with Crippen LogP contribution in [-0.2, 0) is 0 Å². The van der Waals surface area contributed by atoms with Crippen LogP contribution >= 0.6 is 0 Å². The zero-order valence-corrected chi connectivity index (χ0v) is 9.58. The van der Waals surface area contributed by atoms with Crippen molar-refractivity contribution >= 4 is 0 Å². The summed E-state index contributed by atoms with van der Waals surface area (Å²) in [7, 11) is 0. The predicted octanol–water partition coefficient (Wildman–Crippen LogP) is 2.01. The van der Waals surface area contributed by atoms with E-state index < -0.39 is 0 Å². The van der Waals surface area contributed by atoms with Crippen LogP contribution in [0.15, 0.2) is 12.7 Å². The molecular weight excluding hydrogens is 172 g/mol. The second kappa shape index (κ2) is 5.52. The van der Waals surface area contributed by atoms with Crippen LogP contribution in [0.2, 0.25) is 0 Å². The van der Waals surface area contributed by atoms with E-state index in [1.807, 2.05) is 6.08 Å². The fraction of sp³-hybridized carbons (Fsp3) is 0.833. The molecule has 82 valence electrons. The van der Waals surface area contributed by atoms with Crippen molar-refractivity contribution < 1.29 is 0 Å². The first-order valence-corrected chi connectivity index (χ1v) is 5.75. The molecule has 0 aromatic carbocycles. The highest BCUT2D eigenvalue weighted by atomic mass is 15.1. The SMILES string of the molecule is C=CCN(CCC(N)C1CC1)C(C)C. The maximum Gasteiger partial charge on any atom is 0.0163 e. The molecule has 0 aromatic heterocycles. The highest BCUT2D eigenvalue weighted by molar-refractivity contribution is 4.85. The van der Waals surface area contributed by atoms with Gasteiger partial charge in [0, 0.05) is 25.2 Å². The van der Waals surface area contributed by atoms with Gasteiger partial charge in [-0.15, -0.1) is 6.58 Å². The van der Waals surface area contributed by atoms with Gasteiger partial charge in [-0.3, -0.25) is 4.90 Å². The van der Waals surface area contributed by atoms with Crippen LogP contribution in [0.5, 0.6) is 0 Å². The van der Waals surface area contributed by atoms with Crippen molar-refractivity contribution in [2.75, 3.05) is 13.1 Å². The zero-order valence-electron chi connectivity index (χ0n) is 9.58. The van der Waals surface area contributed by atoms with Gasteiger partial charge in [0.15, 0.2) is 0 Å². The summed E-state index contributed by atoms with van der Waals surface area (Å²) in [6, 6.07) is 1.03. The molecule has 1 atom stereocenters. The fourth-order valence-electron chi connectivity index (χ4n) is 1.80. The van der Waals surface area contributed by atoms with Gasteiger partial charge in [0.2, 0.25) is 0 Å². The topological polar surface area (TPSA) is 29.3 Å². The van der Waals surface area contributed by atoms with Gasteiger partial charge in [0.05, 0.1) is 0 Å². The zero-order chi connectivity index (χ0) is 10.6. The first kappa shape index (κ1) is 11.7. The Hall–Kier alpha value is -0.340. The van der Waals surface area contributed by atoms with Crippen LogP contribution in [0.25, 0.3) is 0 Å². The molecule has 1 rings (SSSR count). The van der Waals surface area contributed by atoms with E-state index in [2.05, 4.69) is 25.3 Å². The monoisotopic (exact) mass is 196 g/mol. The summed E-state index contributed by atoms with van der Waals surface area (Å²) in [6.07, 6.45) is 5.81. The molecule has 0 aliphatic heterocycles. The molecular formula is C12H24N2. The lowest BCUT2D eigenvalue weighted by atomic mass is 10.1. The molecule has 1 aliphatic rings. The van der Waals surface area contributed by atoms with Crippen LogP contribution in [0, 0.1) is 5.92 Å². The Labute approximate surface area is 88.2 Å². The van der Waals surface area contributed by atoms with Crippen molar-refractivity contribution in [1.82, 2.24) is 4.90 Å². The summed E-state index contributed by atoms with van der Waals surface area (Å²) in [5.74, 6) is 0.827. The Morgan fingerprint density at radius 1 is 1.50 bits per heavy atom. The predicted molar refractivity (Wildman–Crippen MR) is 62.2 cm³/mol. The largest absolute Gasteiger partial charge is 0.327 e. The molecule has 0 radical (unpaired) electrons. The molecule has 0 bridgehead atoms. The second-order valence-corrected chi connectivity index (χ2v) is 4.67. The van der Waals surface area contributed by atoms with Crippen molar-refractivity contribution in [3.05, 3.63) is 12.7 Å². The van der Waals surface area contributed by atoms with Crippen LogP contribution in [0.1, 0.15) is 33.1 Å². The average Bonchev–Trinajstić information content (AvgIpc) is 2.94. The van der Waals surface area contributed by atoms with Crippen molar-refractivity contribution in [1.29, 1.82) is 0 Å². The van der Waals surface area contributed by atoms with Crippen molar-refractivity contribution in [2.24, 2.45) is 11.7 Å². The molecule has 1 aliphatic carbocycles. The third kappa shape index (κ3) is 3.81. The summed E-state index contributed by atoms with van der Waals surface area (Å²) in [4.78, 5) is 2.43. The molecule has 2 N–H and O–H groups in total. The summed E-state index contributed by atoms with van der Waals surface area (Å²) in [6.45, 7) is 10.3. The van der Waals surface area contributed by atoms with Gasteiger partial charge in [-0.2, -0.15) is 0 Å². The van der Waals surface area contributed by atoms with E-state index in [9.17, 15) is 0 Å². The summed E-state index contributed by atoms with van der Waals surface area (Å²) >= 11 is 0. The summed E-state index contributed by atoms with van der Waals surface area (Å²) < 4.78 is 0. The van der Waals surface area contributed by atoms with Crippen molar-refractivity contribution in [3.8, 4) is 0 Å². The average molecular weight is 196 g/mol. The lowest BCUT2D eigenvalue weighted by Gasteiger charge is -2.26. The first-order valence-electron chi connectivity index (χ1n) is 5.75. The van der Waals surface area contributed by atoms with Gasteiger partial charge in [0.25, 0.3) is 0 Å². The standard InChI is InChI=1S/C12H24N2/c1-4-8-14(10(2)3)9-7-12(13)11-5-6-11/h4,10-12H,1,5-9,13H2,2-3H3. The van der Waals surface area contributed by atoms with Crippen LogP contribution in [0.4, 0.5) is 0 Å². The Morgan fingerprint density at radius 3 is 2.57 bits per heavy atom. The van der Waals surface area contributed by atoms with E-state index >= 15 is 0 Å². The Morgan fingerprint density at radius 2 is 2.14 bits per heavy atom. The summed E-state index contributed by atoms with van der Waals surface area (Å²) in [5.41, 5.74) is 6.07. The van der Waals surface area contributed by atoms with Crippen LogP contribution in [-0.4, -0.2) is 30.1 Å². The van der Waals surface area contributed by atoms with Gasteiger partial charge >= 0.3 is 0 Å². The molecule has 0 spiro atoms. The fourth-order valence-corrected chi connectivity index (χ4v) is 1.80. The molecule has 2 nitrogen and oxygen atoms in total. The minimum Gasteiger partial charge on any atom is -0.327 e. The number of nitrogens with two attached hydrogens (primary N) is 1. The van der Waals surface area contributed by atoms with Gasteiger partial charge in [-0.1, -0.05) is 6.08 Å². The van der Waals surface area contributed by atoms with E-state index in [0.717, 1.165) is 25.4 Å². The minimum absolute atomic E-state index is 0.432. The smallest absolute Gasteiger partial charge is 0.0163 e. The van der Waals surface area contributed by atoms with Gasteiger partial charge in [0.1, 0.15) is 0 Å². The van der Waals surface area contributed by atoms with E-state index in [1.54, 1.807) is 0 Å². The van der Waals surface area contributed by atoms with Gasteiger partial charge in [-0.25, -0.2) is 0 Å². The molecule has 1 saturated carbocycles. The Bertz CT molecular complexity index is 173. The van der Waals surface area contributed by atoms with Crippen molar-refractivity contribution in [3.63, 3.8) is 0 Å². The number of hydrogen-bond donors (Lipinski definition) is 1. The number of rotatable bonds is 7. The normalized spacial score (nSPS) is 18.9. The molecule has 14 heavy (non-hydrogen) atoms. The lowest BCUT2D eigenvalue weighted by molar-refractivity contribution is 0.234. The second-order valence-electron chi connectivity index (χ2n) is 4.67.